The molecule has 0 fully saturated rings. The Morgan fingerprint density at radius 1 is 1.05 bits per heavy atom. The number of thiocarbonyl (C=S) groups is 1. The largest absolute Gasteiger partial charge is 0.469 e. The number of thiol groups is 1. The molecule has 3 N–H and O–H groups in total. The molecule has 0 rings (SSSR count). The first-order valence-electron chi connectivity index (χ1n) is 6.59. The second-order valence-electron chi connectivity index (χ2n) is 4.38. The number of nitrogens with one attached hydrogen (secondary N) is 1. The van der Waals surface area contributed by atoms with E-state index < -0.39 is 7.82 Å². The molecule has 0 aromatic rings. The zero-order valence-corrected chi connectivity index (χ0v) is 13.7. The highest BCUT2D eigenvalue weighted by Gasteiger charge is 2.12. The van der Waals surface area contributed by atoms with Gasteiger partial charge in [-0.15, -0.1) is 12.6 Å². The molecular formula is C11H24NO4PS2. The van der Waals surface area contributed by atoms with Crippen LogP contribution in [0.3, 0.4) is 0 Å². The van der Waals surface area contributed by atoms with Crippen LogP contribution in [0.5, 0.6) is 0 Å². The fourth-order valence-electron chi connectivity index (χ4n) is 1.67. The van der Waals surface area contributed by atoms with E-state index in [1.807, 2.05) is 0 Å². The summed E-state index contributed by atoms with van der Waals surface area (Å²) in [6, 6.07) is 0. The van der Waals surface area contributed by atoms with Crippen LogP contribution in [0.4, 0.5) is 0 Å². The number of unbranched alkanes of at least 4 members (excludes halogenated alkanes) is 7. The monoisotopic (exact) mass is 329 g/mol. The standard InChI is InChI=1S/C11H24NO4PS2/c13-17(14,15)16-10-8-6-4-2-1-3-5-7-9-12-11(18)19/h1-10H2,(H2,12,18,19)(H2,13,14,15). The van der Waals surface area contributed by atoms with Gasteiger partial charge in [0, 0.05) is 6.54 Å². The molecule has 0 aliphatic rings. The lowest BCUT2D eigenvalue weighted by Gasteiger charge is -2.05. The summed E-state index contributed by atoms with van der Waals surface area (Å²) in [6.07, 6.45) is 8.61. The van der Waals surface area contributed by atoms with Crippen LogP contribution in [-0.2, 0) is 9.09 Å². The van der Waals surface area contributed by atoms with Crippen LogP contribution in [0, 0.1) is 0 Å². The number of phosphoric acid groups is 1. The molecule has 5 nitrogen and oxygen atoms in total. The molecule has 0 saturated heterocycles. The molecule has 0 heterocycles. The highest BCUT2D eigenvalue weighted by atomic mass is 32.1. The topological polar surface area (TPSA) is 78.8 Å². The summed E-state index contributed by atoms with van der Waals surface area (Å²) >= 11 is 8.76. The van der Waals surface area contributed by atoms with Crippen LogP contribution in [0.2, 0.25) is 0 Å². The van der Waals surface area contributed by atoms with Crippen molar-refractivity contribution in [2.75, 3.05) is 13.2 Å². The summed E-state index contributed by atoms with van der Waals surface area (Å²) in [7, 11) is -4.27. The van der Waals surface area contributed by atoms with E-state index in [-0.39, 0.29) is 6.61 Å². The summed E-state index contributed by atoms with van der Waals surface area (Å²) in [4.78, 5) is 16.9. The fourth-order valence-corrected chi connectivity index (χ4v) is 2.25. The van der Waals surface area contributed by atoms with E-state index in [9.17, 15) is 4.57 Å². The van der Waals surface area contributed by atoms with Crippen molar-refractivity contribution in [2.24, 2.45) is 0 Å². The van der Waals surface area contributed by atoms with E-state index in [0.29, 0.717) is 10.7 Å². The van der Waals surface area contributed by atoms with E-state index in [1.54, 1.807) is 0 Å². The fraction of sp³-hybridized carbons (Fsp3) is 0.909. The summed E-state index contributed by atoms with van der Waals surface area (Å²) in [5.74, 6) is 0. The van der Waals surface area contributed by atoms with Crippen LogP contribution in [-0.4, -0.2) is 27.3 Å². The average molecular weight is 329 g/mol. The van der Waals surface area contributed by atoms with Crippen molar-refractivity contribution in [1.29, 1.82) is 0 Å². The van der Waals surface area contributed by atoms with Crippen LogP contribution < -0.4 is 5.32 Å². The second-order valence-corrected chi connectivity index (χ2v) is 6.78. The van der Waals surface area contributed by atoms with Gasteiger partial charge in [0.25, 0.3) is 0 Å². The van der Waals surface area contributed by atoms with E-state index >= 15 is 0 Å². The number of hydrogen-bond donors (Lipinski definition) is 4. The molecule has 114 valence electrons. The zero-order chi connectivity index (χ0) is 14.6. The summed E-state index contributed by atoms with van der Waals surface area (Å²) < 4.78 is 15.3. The predicted molar refractivity (Wildman–Crippen MR) is 84.5 cm³/mol. The maximum Gasteiger partial charge on any atom is 0.469 e. The summed E-state index contributed by atoms with van der Waals surface area (Å²) in [5, 5.41) is 3.00. The Hall–Kier alpha value is 0.350. The normalized spacial score (nSPS) is 11.5. The maximum atomic E-state index is 10.4. The SMILES string of the molecule is O=P(O)(O)OCCCCCCCCCCNC(=S)S. The highest BCUT2D eigenvalue weighted by molar-refractivity contribution is 8.11. The molecule has 0 saturated carbocycles. The van der Waals surface area contributed by atoms with Crippen LogP contribution in [0.1, 0.15) is 51.4 Å². The van der Waals surface area contributed by atoms with E-state index in [0.717, 1.165) is 32.2 Å². The number of phosphoric ester groups is 1. The third kappa shape index (κ3) is 18.4. The quantitative estimate of drug-likeness (QED) is 0.191. The molecule has 0 aromatic carbocycles. The van der Waals surface area contributed by atoms with E-state index in [2.05, 4.69) is 22.5 Å². The minimum absolute atomic E-state index is 0.138. The molecular weight excluding hydrogens is 305 g/mol. The van der Waals surface area contributed by atoms with Gasteiger partial charge in [-0.3, -0.25) is 4.52 Å². The van der Waals surface area contributed by atoms with Gasteiger partial charge in [0.15, 0.2) is 0 Å². The molecule has 0 aromatic heterocycles. The van der Waals surface area contributed by atoms with Crippen molar-refractivity contribution < 1.29 is 18.9 Å². The molecule has 19 heavy (non-hydrogen) atoms. The van der Waals surface area contributed by atoms with Crippen LogP contribution in [0.25, 0.3) is 0 Å². The van der Waals surface area contributed by atoms with Crippen molar-refractivity contribution >= 4 is 37.0 Å². The van der Waals surface area contributed by atoms with Gasteiger partial charge >= 0.3 is 7.82 Å². The van der Waals surface area contributed by atoms with Crippen molar-refractivity contribution in [3.63, 3.8) is 0 Å². The van der Waals surface area contributed by atoms with Gasteiger partial charge in [0.1, 0.15) is 4.32 Å². The van der Waals surface area contributed by atoms with Gasteiger partial charge in [0.05, 0.1) is 6.61 Å². The van der Waals surface area contributed by atoms with Gasteiger partial charge in [-0.05, 0) is 12.8 Å². The van der Waals surface area contributed by atoms with Crippen LogP contribution >= 0.6 is 32.7 Å². The highest BCUT2D eigenvalue weighted by Crippen LogP contribution is 2.35. The molecule has 0 unspecified atom stereocenters. The Bertz CT molecular complexity index is 286. The molecule has 0 spiro atoms. The zero-order valence-electron chi connectivity index (χ0n) is 11.1. The van der Waals surface area contributed by atoms with Gasteiger partial charge < -0.3 is 15.1 Å². The number of hydrogen-bond acceptors (Lipinski definition) is 3. The van der Waals surface area contributed by atoms with Crippen molar-refractivity contribution in [1.82, 2.24) is 5.32 Å². The Kier molecular flexibility index (Phi) is 12.3. The van der Waals surface area contributed by atoms with Crippen molar-refractivity contribution in [2.45, 2.75) is 51.4 Å². The van der Waals surface area contributed by atoms with Gasteiger partial charge in [-0.2, -0.15) is 0 Å². The smallest absolute Gasteiger partial charge is 0.371 e. The maximum absolute atomic E-state index is 10.4. The lowest BCUT2D eigenvalue weighted by Crippen LogP contribution is -2.17. The third-order valence-corrected chi connectivity index (χ3v) is 3.43. The Morgan fingerprint density at radius 3 is 2.00 bits per heavy atom. The van der Waals surface area contributed by atoms with Gasteiger partial charge in [-0.1, -0.05) is 50.7 Å². The molecule has 0 aliphatic carbocycles. The third-order valence-electron chi connectivity index (χ3n) is 2.61. The van der Waals surface area contributed by atoms with Gasteiger partial charge in [0.2, 0.25) is 0 Å². The van der Waals surface area contributed by atoms with E-state index in [1.165, 1.54) is 19.3 Å². The van der Waals surface area contributed by atoms with Crippen molar-refractivity contribution in [3.8, 4) is 0 Å². The van der Waals surface area contributed by atoms with Crippen LogP contribution in [0.15, 0.2) is 0 Å². The summed E-state index contributed by atoms with van der Waals surface area (Å²) in [5.41, 5.74) is 0. The lowest BCUT2D eigenvalue weighted by molar-refractivity contribution is 0.193. The molecule has 0 atom stereocenters. The van der Waals surface area contributed by atoms with Crippen molar-refractivity contribution in [3.05, 3.63) is 0 Å². The Balaban J connectivity index is 3.07. The minimum atomic E-state index is -4.27. The molecule has 0 radical (unpaired) electrons. The molecule has 0 amide bonds. The molecule has 8 heteroatoms. The predicted octanol–water partition coefficient (Wildman–Crippen LogP) is 3.02. The first-order chi connectivity index (χ1) is 8.92. The first-order valence-corrected chi connectivity index (χ1v) is 8.97. The first kappa shape index (κ1) is 19.4. The Labute approximate surface area is 126 Å². The van der Waals surface area contributed by atoms with E-state index in [4.69, 9.17) is 22.0 Å². The number of rotatable bonds is 12. The van der Waals surface area contributed by atoms with Gasteiger partial charge in [-0.25, -0.2) is 4.57 Å². The lowest BCUT2D eigenvalue weighted by atomic mass is 10.1. The Morgan fingerprint density at radius 2 is 1.53 bits per heavy atom. The molecule has 0 aliphatic heterocycles. The minimum Gasteiger partial charge on any atom is -0.371 e. The average Bonchev–Trinajstić information content (AvgIpc) is 2.28. The summed E-state index contributed by atoms with van der Waals surface area (Å²) in [6.45, 7) is 1.03. The second kappa shape index (κ2) is 12.1. The molecule has 0 bridgehead atoms.